The van der Waals surface area contributed by atoms with Gasteiger partial charge in [0.25, 0.3) is 0 Å². The number of fused-ring (bicyclic) bond motifs is 2. The number of allylic oxidation sites excluding steroid dienone is 22. The predicted octanol–water partition coefficient (Wildman–Crippen LogP) is 22.8. The maximum atomic E-state index is 4.64. The molecule has 1 unspecified atom stereocenters. The minimum Gasteiger partial charge on any atom is -0.0985 e. The van der Waals surface area contributed by atoms with E-state index in [4.69, 9.17) is 0 Å². The first-order valence-electron chi connectivity index (χ1n) is 33.7. The fourth-order valence-electron chi connectivity index (χ4n) is 12.5. The van der Waals surface area contributed by atoms with E-state index in [0.717, 1.165) is 165 Å². The molecule has 0 bridgehead atoms. The highest BCUT2D eigenvalue weighted by atomic mass is 14.2. The van der Waals surface area contributed by atoms with Crippen molar-refractivity contribution in [1.29, 1.82) is 0 Å². The van der Waals surface area contributed by atoms with Crippen molar-refractivity contribution in [2.45, 2.75) is 34.6 Å². The van der Waals surface area contributed by atoms with E-state index >= 15 is 0 Å². The monoisotopic (exact) mass is 1290 g/mol. The Bertz CT molecular complexity index is 5490. The molecule has 1 aliphatic carbocycles. The van der Waals surface area contributed by atoms with Crippen LogP contribution in [0, 0.1) is 19.8 Å². The zero-order valence-corrected chi connectivity index (χ0v) is 58.9. The Morgan fingerprint density at radius 2 is 0.950 bits per heavy atom. The summed E-state index contributed by atoms with van der Waals surface area (Å²) in [6.07, 6.45) is 24.9. The third kappa shape index (κ3) is 18.1. The molecule has 0 heterocycles. The van der Waals surface area contributed by atoms with Crippen LogP contribution in [0.15, 0.2) is 376 Å². The molecule has 0 spiro atoms. The molecule has 490 valence electrons. The van der Waals surface area contributed by atoms with Crippen LogP contribution in [-0.4, -0.2) is 0 Å². The van der Waals surface area contributed by atoms with Crippen molar-refractivity contribution in [2.75, 3.05) is 0 Å². The summed E-state index contributed by atoms with van der Waals surface area (Å²) in [5, 5.41) is 9.97. The molecule has 9 rings (SSSR count). The molecule has 0 aliphatic heterocycles. The van der Waals surface area contributed by atoms with Crippen molar-refractivity contribution in [2.24, 2.45) is 5.92 Å². The van der Waals surface area contributed by atoms with E-state index in [9.17, 15) is 0 Å². The first-order valence-corrected chi connectivity index (χ1v) is 33.7. The molecule has 8 aromatic carbocycles. The molecule has 8 aromatic rings. The second kappa shape index (κ2) is 34.1. The zero-order chi connectivity index (χ0) is 71.4. The molecule has 0 aromatic heterocycles. The molecule has 0 amide bonds. The van der Waals surface area contributed by atoms with Crippen LogP contribution >= 0.6 is 0 Å². The first kappa shape index (κ1) is 72.1. The van der Waals surface area contributed by atoms with Crippen LogP contribution < -0.4 is 31.3 Å². The van der Waals surface area contributed by atoms with Gasteiger partial charge in [-0.1, -0.05) is 383 Å². The van der Waals surface area contributed by atoms with Gasteiger partial charge in [0.15, 0.2) is 0 Å². The standard InChI is InChI=1S/C100H90/c1-18-68(2)66-89(84-58-62-88(63-59-84)99-80(14)41-25-26-42-81(15)100(95-48-30-29-47-94(95)99)93-51-33-45-85-44-27-28-46-92(85)93)57-56-71(5)83(17)96-67-70(4)52-53-75(9)91(50-32-43-73(96)7)86-60-64-87(65-61-86)98-78(12)39-23-21-37-76(10)97(77(11)38-22-24-40-79(98)13)82(16)55-54-74(8)90-49-31-35-69(3)34-19-20-36-72(90)6/h18-67,70H,1-3,5-7,9-10,12,14-15,17H2,4,8,11,13,16H3/b34-19?,35-31?,36-20?,37-21?,38-22?,39-23?,40-24?,41-25?,42-26?,43-32-,53-52-,57-56-,74-54+,82-55+,89-66+,90-49?,91-50+,96-67+,97-77?,98-79?,99-94?,100-95?. The first-order chi connectivity index (χ1) is 48.2. The van der Waals surface area contributed by atoms with E-state index in [1.807, 2.05) is 85.0 Å². The lowest BCUT2D eigenvalue weighted by Crippen LogP contribution is -2.05. The van der Waals surface area contributed by atoms with Crippen molar-refractivity contribution >= 4 is 83.3 Å². The van der Waals surface area contributed by atoms with Crippen molar-refractivity contribution in [3.8, 4) is 33.4 Å². The van der Waals surface area contributed by atoms with Crippen molar-refractivity contribution < 1.29 is 0 Å². The maximum Gasteiger partial charge on any atom is -0.00323 e. The van der Waals surface area contributed by atoms with Crippen molar-refractivity contribution in [3.05, 3.63) is 441 Å². The molecule has 0 heteroatoms. The molecule has 1 atom stereocenters. The summed E-state index contributed by atoms with van der Waals surface area (Å²) in [7, 11) is 0. The quantitative estimate of drug-likeness (QED) is 0.0952. The van der Waals surface area contributed by atoms with E-state index in [-0.39, 0.29) is 5.92 Å². The van der Waals surface area contributed by atoms with Gasteiger partial charge in [-0.3, -0.25) is 0 Å². The Kier molecular flexibility index (Phi) is 24.6. The second-order valence-electron chi connectivity index (χ2n) is 25.3. The number of aryl methyl sites for hydroxylation is 2. The number of rotatable bonds is 14. The van der Waals surface area contributed by atoms with Gasteiger partial charge >= 0.3 is 0 Å². The van der Waals surface area contributed by atoms with Gasteiger partial charge in [0.2, 0.25) is 0 Å². The van der Waals surface area contributed by atoms with Crippen LogP contribution in [0.5, 0.6) is 0 Å². The van der Waals surface area contributed by atoms with E-state index < -0.39 is 0 Å². The molecule has 100 heavy (non-hydrogen) atoms. The fraction of sp³-hybridized carbons (Fsp3) is 0.0600. The minimum atomic E-state index is 0.00358. The summed E-state index contributed by atoms with van der Waals surface area (Å²) < 4.78 is 0. The van der Waals surface area contributed by atoms with E-state index in [2.05, 4.69) is 326 Å². The SMILES string of the molecule is C=CC(=C)/C=C(\C=C/C(=C)C(=C)/C1=C/C(C)/C=C\C(=C)/C(c2ccc(-c3c(C)ccccc(C)c(/C(C)=C/C=C(\C)c4cccc(=C)ccccc4=C)c(=C)ccccc3=C)cc2)=C\C=C/C1=C)c1ccc(-c2c(=C)ccccc(=C)c(-c3cccc4ccccc34)c3ccccc23)cc1. The maximum absolute atomic E-state index is 4.64. The van der Waals surface area contributed by atoms with Gasteiger partial charge in [-0.15, -0.1) is 0 Å². The second-order valence-corrected chi connectivity index (χ2v) is 25.3. The Morgan fingerprint density at radius 3 is 1.63 bits per heavy atom. The van der Waals surface area contributed by atoms with Gasteiger partial charge in [-0.05, 0) is 215 Å². The highest BCUT2D eigenvalue weighted by Gasteiger charge is 2.15. The molecule has 0 fully saturated rings. The minimum absolute atomic E-state index is 0.00358. The van der Waals surface area contributed by atoms with Crippen LogP contribution in [-0.2, 0) is 0 Å². The third-order valence-electron chi connectivity index (χ3n) is 17.9. The van der Waals surface area contributed by atoms with Crippen molar-refractivity contribution in [3.63, 3.8) is 0 Å². The topological polar surface area (TPSA) is 0 Å². The lowest BCUT2D eigenvalue weighted by molar-refractivity contribution is 0.930. The zero-order valence-electron chi connectivity index (χ0n) is 58.9. The third-order valence-corrected chi connectivity index (χ3v) is 17.9. The van der Waals surface area contributed by atoms with Gasteiger partial charge in [0, 0.05) is 0 Å². The predicted molar refractivity (Wildman–Crippen MR) is 445 cm³/mol. The van der Waals surface area contributed by atoms with Gasteiger partial charge in [0.1, 0.15) is 0 Å². The van der Waals surface area contributed by atoms with Gasteiger partial charge in [-0.25, -0.2) is 0 Å². The summed E-state index contributed by atoms with van der Waals surface area (Å²) in [6, 6.07) is 79.9. The van der Waals surface area contributed by atoms with Crippen LogP contribution in [0.2, 0.25) is 0 Å². The molecule has 1 aliphatic rings. The molecule has 0 saturated carbocycles. The Hall–Kier alpha value is -12.2. The van der Waals surface area contributed by atoms with Crippen LogP contribution in [0.1, 0.15) is 54.2 Å². The molecule has 0 saturated heterocycles. The average molecular weight is 1290 g/mol. The normalized spacial score (nSPS) is 15.1. The van der Waals surface area contributed by atoms with Crippen LogP contribution in [0.4, 0.5) is 0 Å². The van der Waals surface area contributed by atoms with E-state index in [1.165, 1.54) is 10.8 Å². The lowest BCUT2D eigenvalue weighted by Gasteiger charge is -2.14. The summed E-state index contributed by atoms with van der Waals surface area (Å²) in [5.41, 5.74) is 21.7. The van der Waals surface area contributed by atoms with Gasteiger partial charge in [0.05, 0.1) is 0 Å². The highest BCUT2D eigenvalue weighted by molar-refractivity contribution is 6.08. The summed E-state index contributed by atoms with van der Waals surface area (Å²) in [4.78, 5) is 0. The Morgan fingerprint density at radius 1 is 0.440 bits per heavy atom. The Labute approximate surface area is 594 Å². The summed E-state index contributed by atoms with van der Waals surface area (Å²) in [6.45, 7) is 64.2. The molecular weight excluding hydrogens is 1200 g/mol. The summed E-state index contributed by atoms with van der Waals surface area (Å²) in [5.74, 6) is 0.00358. The average Bonchev–Trinajstić information content (AvgIpc) is 0.783. The number of hydrogen-bond acceptors (Lipinski definition) is 0. The lowest BCUT2D eigenvalue weighted by atomic mass is 9.90. The highest BCUT2D eigenvalue weighted by Crippen LogP contribution is 2.36. The largest absolute Gasteiger partial charge is 0.0985 e. The van der Waals surface area contributed by atoms with Crippen LogP contribution in [0.3, 0.4) is 0 Å². The smallest absolute Gasteiger partial charge is 0.00323 e. The summed E-state index contributed by atoms with van der Waals surface area (Å²) >= 11 is 0. The molecule has 0 nitrogen and oxygen atoms in total. The van der Waals surface area contributed by atoms with Gasteiger partial charge in [-0.2, -0.15) is 0 Å². The fourth-order valence-corrected chi connectivity index (χ4v) is 12.5. The number of benzene rings is 5. The van der Waals surface area contributed by atoms with Crippen molar-refractivity contribution in [1.82, 2.24) is 0 Å². The molecule has 0 N–H and O–H groups in total. The molecule has 0 radical (unpaired) electrons. The van der Waals surface area contributed by atoms with E-state index in [0.29, 0.717) is 0 Å². The Balaban J connectivity index is 0.962. The van der Waals surface area contributed by atoms with Gasteiger partial charge < -0.3 is 0 Å². The van der Waals surface area contributed by atoms with Crippen LogP contribution in [0.25, 0.3) is 117 Å². The number of hydrogen-bond donors (Lipinski definition) is 0. The van der Waals surface area contributed by atoms with E-state index in [1.54, 1.807) is 6.08 Å². The molecular formula is C100H90.